The zero-order valence-electron chi connectivity index (χ0n) is 17.1. The van der Waals surface area contributed by atoms with E-state index in [4.69, 9.17) is 21.2 Å². The molecule has 160 valence electrons. The van der Waals surface area contributed by atoms with E-state index in [-0.39, 0.29) is 29.1 Å². The molecule has 1 unspecified atom stereocenters. The van der Waals surface area contributed by atoms with Crippen LogP contribution in [0.3, 0.4) is 0 Å². The third-order valence-electron chi connectivity index (χ3n) is 4.52. The van der Waals surface area contributed by atoms with Gasteiger partial charge in [0.1, 0.15) is 24.8 Å². The minimum Gasteiger partial charge on any atom is -0.472 e. The van der Waals surface area contributed by atoms with Gasteiger partial charge < -0.3 is 20.0 Å². The predicted molar refractivity (Wildman–Crippen MR) is 118 cm³/mol. The molecule has 1 aromatic heterocycles. The second kappa shape index (κ2) is 10.6. The lowest BCUT2D eigenvalue weighted by Gasteiger charge is -2.14. The monoisotopic (exact) mass is 439 g/mol. The zero-order chi connectivity index (χ0) is 22.2. The molecule has 0 bridgehead atoms. The number of carbonyl (C=O) groups is 1. The van der Waals surface area contributed by atoms with Crippen LogP contribution in [-0.4, -0.2) is 35.9 Å². The maximum Gasteiger partial charge on any atom is 0.273 e. The second-order valence-electron chi connectivity index (χ2n) is 6.52. The van der Waals surface area contributed by atoms with Crippen LogP contribution >= 0.6 is 11.6 Å². The van der Waals surface area contributed by atoms with E-state index in [2.05, 4.69) is 15.5 Å². The Morgan fingerprint density at radius 3 is 2.55 bits per heavy atom. The fourth-order valence-corrected chi connectivity index (χ4v) is 3.20. The number of hydrogen-bond acceptors (Lipinski definition) is 6. The number of likely N-dealkylation sites (N-methyl/N-ethyl adjacent to an activating group) is 1. The molecule has 2 N–H and O–H groups in total. The van der Waals surface area contributed by atoms with E-state index >= 15 is 0 Å². The van der Waals surface area contributed by atoms with Gasteiger partial charge in [0.05, 0.1) is 0 Å². The van der Waals surface area contributed by atoms with Crippen LogP contribution in [0, 0.1) is 0 Å². The van der Waals surface area contributed by atoms with Crippen molar-refractivity contribution in [2.45, 2.75) is 12.7 Å². The van der Waals surface area contributed by atoms with E-state index in [1.807, 2.05) is 42.5 Å². The quantitative estimate of drug-likeness (QED) is 0.414. The lowest BCUT2D eigenvalue weighted by molar-refractivity contribution is -0.114. The molecule has 0 saturated heterocycles. The highest BCUT2D eigenvalue weighted by Gasteiger charge is 2.18. The molecule has 0 aliphatic carbocycles. The van der Waals surface area contributed by atoms with E-state index in [9.17, 15) is 9.90 Å². The molecular weight excluding hydrogens is 418 g/mol. The summed E-state index contributed by atoms with van der Waals surface area (Å²) in [6.07, 6.45) is 0.675. The Balaban J connectivity index is 1.79. The molecule has 31 heavy (non-hydrogen) atoms. The molecule has 1 heterocycles. The van der Waals surface area contributed by atoms with Crippen molar-refractivity contribution in [3.8, 4) is 5.88 Å². The number of amides is 1. The van der Waals surface area contributed by atoms with Crippen molar-refractivity contribution in [2.24, 2.45) is 5.16 Å². The van der Waals surface area contributed by atoms with Crippen LogP contribution < -0.4 is 10.1 Å². The molecule has 8 heteroatoms. The number of aliphatic hydroxyl groups is 1. The van der Waals surface area contributed by atoms with Crippen LogP contribution in [-0.2, 0) is 16.2 Å². The van der Waals surface area contributed by atoms with Crippen LogP contribution in [0.1, 0.15) is 28.4 Å². The van der Waals surface area contributed by atoms with Gasteiger partial charge in [-0.15, -0.1) is 0 Å². The van der Waals surface area contributed by atoms with Crippen LogP contribution in [0.5, 0.6) is 5.88 Å². The summed E-state index contributed by atoms with van der Waals surface area (Å²) in [5, 5.41) is 17.2. The van der Waals surface area contributed by atoms with Crippen LogP contribution in [0.25, 0.3) is 0 Å². The highest BCUT2D eigenvalue weighted by atomic mass is 35.5. The number of oxime groups is 1. The lowest BCUT2D eigenvalue weighted by Crippen LogP contribution is -2.29. The van der Waals surface area contributed by atoms with Crippen molar-refractivity contribution < 1.29 is 19.5 Å². The number of rotatable bonds is 8. The Labute approximate surface area is 185 Å². The van der Waals surface area contributed by atoms with Gasteiger partial charge in [0, 0.05) is 24.4 Å². The average Bonchev–Trinajstić information content (AvgIpc) is 2.81. The molecule has 0 aliphatic rings. The van der Waals surface area contributed by atoms with Crippen molar-refractivity contribution >= 4 is 23.2 Å². The Hall–Kier alpha value is -3.42. The SMILES string of the molecule is CNC(=O)C(=NOC)c1ccccc1COc1ncc(C(O)c2ccccc2)cc1Cl. The summed E-state index contributed by atoms with van der Waals surface area (Å²) >= 11 is 6.35. The first-order valence-electron chi connectivity index (χ1n) is 9.48. The van der Waals surface area contributed by atoms with E-state index in [0.717, 1.165) is 5.56 Å². The fourth-order valence-electron chi connectivity index (χ4n) is 2.97. The lowest BCUT2D eigenvalue weighted by atomic mass is 10.0. The van der Waals surface area contributed by atoms with Crippen molar-refractivity contribution in [3.05, 3.63) is 94.1 Å². The Kier molecular flexibility index (Phi) is 7.59. The first-order valence-corrected chi connectivity index (χ1v) is 9.85. The third kappa shape index (κ3) is 5.39. The average molecular weight is 440 g/mol. The molecule has 0 fully saturated rings. The molecule has 0 radical (unpaired) electrons. The summed E-state index contributed by atoms with van der Waals surface area (Å²) in [6.45, 7) is 0.100. The maximum absolute atomic E-state index is 12.2. The van der Waals surface area contributed by atoms with E-state index < -0.39 is 6.10 Å². The fraction of sp³-hybridized carbons (Fsp3) is 0.174. The van der Waals surface area contributed by atoms with Crippen molar-refractivity contribution in [3.63, 3.8) is 0 Å². The maximum atomic E-state index is 12.2. The van der Waals surface area contributed by atoms with Crippen LogP contribution in [0.2, 0.25) is 5.02 Å². The number of pyridine rings is 1. The molecule has 7 nitrogen and oxygen atoms in total. The Morgan fingerprint density at radius 1 is 1.16 bits per heavy atom. The van der Waals surface area contributed by atoms with Gasteiger partial charge in [0.25, 0.3) is 5.91 Å². The van der Waals surface area contributed by atoms with Gasteiger partial charge in [-0.2, -0.15) is 0 Å². The van der Waals surface area contributed by atoms with Gasteiger partial charge in [-0.1, -0.05) is 71.4 Å². The number of ether oxygens (including phenoxy) is 1. The number of benzene rings is 2. The number of aromatic nitrogens is 1. The smallest absolute Gasteiger partial charge is 0.273 e. The van der Waals surface area contributed by atoms with Gasteiger partial charge in [0.2, 0.25) is 5.88 Å². The molecule has 1 amide bonds. The second-order valence-corrected chi connectivity index (χ2v) is 6.92. The van der Waals surface area contributed by atoms with Gasteiger partial charge >= 0.3 is 0 Å². The van der Waals surface area contributed by atoms with Gasteiger partial charge in [0.15, 0.2) is 5.71 Å². The van der Waals surface area contributed by atoms with Crippen LogP contribution in [0.15, 0.2) is 72.0 Å². The summed E-state index contributed by atoms with van der Waals surface area (Å²) < 4.78 is 5.79. The van der Waals surface area contributed by atoms with Gasteiger partial charge in [-0.25, -0.2) is 4.98 Å². The number of nitrogens with zero attached hydrogens (tertiary/aromatic N) is 2. The molecule has 3 rings (SSSR count). The number of aliphatic hydroxyl groups excluding tert-OH is 1. The topological polar surface area (TPSA) is 93.0 Å². The molecule has 0 aliphatic heterocycles. The summed E-state index contributed by atoms with van der Waals surface area (Å²) in [5.41, 5.74) is 2.69. The van der Waals surface area contributed by atoms with Gasteiger partial charge in [-0.3, -0.25) is 4.79 Å². The van der Waals surface area contributed by atoms with Gasteiger partial charge in [-0.05, 0) is 17.2 Å². The van der Waals surface area contributed by atoms with Crippen molar-refractivity contribution in [1.29, 1.82) is 0 Å². The number of carbonyl (C=O) groups excluding carboxylic acids is 1. The van der Waals surface area contributed by atoms with Crippen molar-refractivity contribution in [1.82, 2.24) is 10.3 Å². The van der Waals surface area contributed by atoms with E-state index in [1.54, 1.807) is 18.2 Å². The first kappa shape index (κ1) is 22.3. The third-order valence-corrected chi connectivity index (χ3v) is 4.79. The Morgan fingerprint density at radius 2 is 1.87 bits per heavy atom. The largest absolute Gasteiger partial charge is 0.472 e. The van der Waals surface area contributed by atoms with Crippen LogP contribution in [0.4, 0.5) is 0 Å². The molecular formula is C23H22ClN3O4. The minimum absolute atomic E-state index is 0.100. The normalized spacial score (nSPS) is 12.2. The number of halogens is 1. The summed E-state index contributed by atoms with van der Waals surface area (Å²) in [6, 6.07) is 18.0. The summed E-state index contributed by atoms with van der Waals surface area (Å²) in [4.78, 5) is 21.3. The number of hydrogen-bond donors (Lipinski definition) is 2. The first-order chi connectivity index (χ1) is 15.0. The molecule has 0 spiro atoms. The molecule has 0 saturated carbocycles. The predicted octanol–water partition coefficient (Wildman–Crippen LogP) is 3.49. The van der Waals surface area contributed by atoms with E-state index in [1.165, 1.54) is 20.4 Å². The zero-order valence-corrected chi connectivity index (χ0v) is 17.8. The summed E-state index contributed by atoms with van der Waals surface area (Å²) in [7, 11) is 2.89. The van der Waals surface area contributed by atoms with Crippen molar-refractivity contribution in [2.75, 3.05) is 14.2 Å². The standard InChI is InChI=1S/C23H22ClN3O4/c1-25-22(29)20(27-30-2)18-11-7-6-10-16(18)14-31-23-19(24)12-17(13-26-23)21(28)15-8-4-3-5-9-15/h3-13,21,28H,14H2,1-2H3,(H,25,29). The molecule has 1 atom stereocenters. The molecule has 2 aromatic carbocycles. The number of nitrogens with one attached hydrogen (secondary N) is 1. The molecule has 3 aromatic rings. The van der Waals surface area contributed by atoms with E-state index in [0.29, 0.717) is 16.7 Å². The highest BCUT2D eigenvalue weighted by molar-refractivity contribution is 6.45. The Bertz CT molecular complexity index is 1070. The highest BCUT2D eigenvalue weighted by Crippen LogP contribution is 2.29. The summed E-state index contributed by atoms with van der Waals surface area (Å²) in [5.74, 6) is -0.171. The minimum atomic E-state index is -0.846.